The molecule has 0 unspecified atom stereocenters. The number of carbonyl (C=O) groups excluding carboxylic acids is 1. The molecule has 0 spiro atoms. The second-order valence-corrected chi connectivity index (χ2v) is 3.63. The number of ether oxygens (including phenoxy) is 1. The Hall–Kier alpha value is -0.990. The molecule has 7 heteroatoms. The lowest BCUT2D eigenvalue weighted by atomic mass is 10.2. The summed E-state index contributed by atoms with van der Waals surface area (Å²) in [7, 11) is 1.07. The highest BCUT2D eigenvalue weighted by Gasteiger charge is 2.22. The number of aromatic nitrogens is 1. The maximum atomic E-state index is 12.5. The van der Waals surface area contributed by atoms with Crippen LogP contribution in [-0.4, -0.2) is 18.1 Å². The highest BCUT2D eigenvalue weighted by molar-refractivity contribution is 14.1. The smallest absolute Gasteiger partial charge is 0.343 e. The molecular weight excluding hydrogens is 323 g/mol. The molecule has 0 bridgehead atoms. The molecule has 0 saturated carbocycles. The lowest BCUT2D eigenvalue weighted by molar-refractivity contribution is 0.0598. The fourth-order valence-corrected chi connectivity index (χ4v) is 1.62. The van der Waals surface area contributed by atoms with Gasteiger partial charge < -0.3 is 9.72 Å². The average molecular weight is 329 g/mol. The van der Waals surface area contributed by atoms with E-state index in [1.54, 1.807) is 22.6 Å². The average Bonchev–Trinajstić information content (AvgIpc) is 2.16. The van der Waals surface area contributed by atoms with E-state index in [4.69, 9.17) is 0 Å². The number of halogens is 3. The van der Waals surface area contributed by atoms with E-state index in [9.17, 15) is 18.4 Å². The van der Waals surface area contributed by atoms with E-state index in [0.717, 1.165) is 13.3 Å². The molecule has 4 nitrogen and oxygen atoms in total. The van der Waals surface area contributed by atoms with Gasteiger partial charge in [-0.3, -0.25) is 4.79 Å². The second kappa shape index (κ2) is 4.69. The van der Waals surface area contributed by atoms with E-state index >= 15 is 0 Å². The number of H-pyrrole nitrogens is 1. The standard InChI is InChI=1S/C8H6F2INO3/c1-15-8(14)3-2-12-7(11)4(5(3)13)6(9)10/h2,6H,1H3,(H,12,13). The molecule has 0 fully saturated rings. The van der Waals surface area contributed by atoms with Gasteiger partial charge in [-0.1, -0.05) is 0 Å². The lowest BCUT2D eigenvalue weighted by Crippen LogP contribution is -2.22. The van der Waals surface area contributed by atoms with Crippen LogP contribution in [-0.2, 0) is 4.74 Å². The second-order valence-electron chi connectivity index (χ2n) is 2.55. The Bertz CT molecular complexity index is 444. The molecule has 1 rings (SSSR count). The molecule has 1 N–H and O–H groups in total. The first-order chi connectivity index (χ1) is 6.99. The van der Waals surface area contributed by atoms with Crippen molar-refractivity contribution in [1.29, 1.82) is 0 Å². The van der Waals surface area contributed by atoms with Crippen molar-refractivity contribution < 1.29 is 18.3 Å². The van der Waals surface area contributed by atoms with Crippen molar-refractivity contribution in [1.82, 2.24) is 4.98 Å². The van der Waals surface area contributed by atoms with Crippen LogP contribution in [0.2, 0.25) is 0 Å². The number of rotatable bonds is 2. The zero-order valence-electron chi connectivity index (χ0n) is 7.51. The van der Waals surface area contributed by atoms with E-state index in [1.807, 2.05) is 0 Å². The van der Waals surface area contributed by atoms with Crippen LogP contribution >= 0.6 is 22.6 Å². The molecule has 0 aliphatic rings. The summed E-state index contributed by atoms with van der Waals surface area (Å²) in [6.07, 6.45) is -1.87. The van der Waals surface area contributed by atoms with Crippen LogP contribution < -0.4 is 5.43 Å². The fraction of sp³-hybridized carbons (Fsp3) is 0.250. The molecule has 0 aromatic carbocycles. The number of alkyl halides is 2. The monoisotopic (exact) mass is 329 g/mol. The maximum absolute atomic E-state index is 12.5. The molecule has 0 atom stereocenters. The van der Waals surface area contributed by atoms with Crippen LogP contribution in [0.4, 0.5) is 8.78 Å². The van der Waals surface area contributed by atoms with Crippen molar-refractivity contribution in [3.05, 3.63) is 31.2 Å². The molecule has 1 heterocycles. The van der Waals surface area contributed by atoms with Gasteiger partial charge >= 0.3 is 5.97 Å². The van der Waals surface area contributed by atoms with Gasteiger partial charge in [0.25, 0.3) is 6.43 Å². The topological polar surface area (TPSA) is 59.2 Å². The van der Waals surface area contributed by atoms with E-state index in [1.165, 1.54) is 0 Å². The number of methoxy groups -OCH3 is 1. The molecule has 0 aliphatic heterocycles. The van der Waals surface area contributed by atoms with Crippen LogP contribution in [0.5, 0.6) is 0 Å². The first kappa shape index (κ1) is 12.1. The third kappa shape index (κ3) is 2.33. The summed E-state index contributed by atoms with van der Waals surface area (Å²) in [6.45, 7) is 0. The predicted molar refractivity (Wildman–Crippen MR) is 56.1 cm³/mol. The van der Waals surface area contributed by atoms with Crippen LogP contribution in [0.1, 0.15) is 22.3 Å². The first-order valence-electron chi connectivity index (χ1n) is 3.76. The van der Waals surface area contributed by atoms with Gasteiger partial charge in [-0.2, -0.15) is 0 Å². The minimum atomic E-state index is -2.93. The van der Waals surface area contributed by atoms with Crippen molar-refractivity contribution in [2.24, 2.45) is 0 Å². The van der Waals surface area contributed by atoms with E-state index in [-0.39, 0.29) is 3.70 Å². The van der Waals surface area contributed by atoms with Gasteiger partial charge in [-0.15, -0.1) is 0 Å². The highest BCUT2D eigenvalue weighted by atomic mass is 127. The van der Waals surface area contributed by atoms with Crippen LogP contribution in [0.15, 0.2) is 11.0 Å². The summed E-state index contributed by atoms with van der Waals surface area (Å²) in [4.78, 5) is 24.9. The molecule has 0 radical (unpaired) electrons. The largest absolute Gasteiger partial charge is 0.465 e. The lowest BCUT2D eigenvalue weighted by Gasteiger charge is -2.04. The van der Waals surface area contributed by atoms with Gasteiger partial charge in [0.15, 0.2) is 0 Å². The molecule has 0 aliphatic carbocycles. The third-order valence-electron chi connectivity index (χ3n) is 1.69. The Morgan fingerprint density at radius 2 is 2.20 bits per heavy atom. The number of nitrogens with one attached hydrogen (secondary N) is 1. The molecule has 1 aromatic heterocycles. The molecular formula is C8H6F2INO3. The van der Waals surface area contributed by atoms with Gasteiger partial charge in [0.1, 0.15) is 5.56 Å². The Morgan fingerprint density at radius 3 is 2.67 bits per heavy atom. The normalized spacial score (nSPS) is 10.5. The number of pyridine rings is 1. The summed E-state index contributed by atoms with van der Waals surface area (Å²) in [5.41, 5.74) is -2.13. The quantitative estimate of drug-likeness (QED) is 0.510. The molecule has 82 valence electrons. The van der Waals surface area contributed by atoms with E-state index in [2.05, 4.69) is 9.72 Å². The molecule has 0 amide bonds. The zero-order valence-corrected chi connectivity index (χ0v) is 9.67. The van der Waals surface area contributed by atoms with Gasteiger partial charge in [0.05, 0.1) is 16.4 Å². The first-order valence-corrected chi connectivity index (χ1v) is 4.84. The minimum Gasteiger partial charge on any atom is -0.465 e. The van der Waals surface area contributed by atoms with Crippen molar-refractivity contribution in [3.8, 4) is 0 Å². The van der Waals surface area contributed by atoms with E-state index < -0.39 is 29.0 Å². The summed E-state index contributed by atoms with van der Waals surface area (Å²) < 4.78 is 29.2. The van der Waals surface area contributed by atoms with Crippen molar-refractivity contribution in [2.75, 3.05) is 7.11 Å². The number of carbonyl (C=O) groups is 1. The van der Waals surface area contributed by atoms with Crippen molar-refractivity contribution in [3.63, 3.8) is 0 Å². The summed E-state index contributed by atoms with van der Waals surface area (Å²) in [6, 6.07) is 0. The van der Waals surface area contributed by atoms with Crippen LogP contribution in [0.25, 0.3) is 0 Å². The van der Waals surface area contributed by atoms with Crippen LogP contribution in [0, 0.1) is 3.70 Å². The molecule has 1 aromatic rings. The Balaban J connectivity index is 3.42. The Morgan fingerprint density at radius 1 is 1.60 bits per heavy atom. The summed E-state index contributed by atoms with van der Waals surface area (Å²) >= 11 is 1.57. The number of aromatic amines is 1. The van der Waals surface area contributed by atoms with E-state index in [0.29, 0.717) is 0 Å². The van der Waals surface area contributed by atoms with Crippen molar-refractivity contribution >= 4 is 28.6 Å². The number of esters is 1. The van der Waals surface area contributed by atoms with Crippen molar-refractivity contribution in [2.45, 2.75) is 6.43 Å². The van der Waals surface area contributed by atoms with Gasteiger partial charge in [-0.25, -0.2) is 13.6 Å². The van der Waals surface area contributed by atoms with Gasteiger partial charge in [0.2, 0.25) is 5.43 Å². The summed E-state index contributed by atoms with van der Waals surface area (Å²) in [5, 5.41) is 0. The zero-order chi connectivity index (χ0) is 11.6. The Labute approximate surface area is 96.8 Å². The fourth-order valence-electron chi connectivity index (χ4n) is 0.980. The number of hydrogen-bond acceptors (Lipinski definition) is 3. The molecule has 0 saturated heterocycles. The molecule has 15 heavy (non-hydrogen) atoms. The number of hydrogen-bond donors (Lipinski definition) is 1. The minimum absolute atomic E-state index is 0.0141. The summed E-state index contributed by atoms with van der Waals surface area (Å²) in [5.74, 6) is -0.936. The predicted octanol–water partition coefficient (Wildman–Crippen LogP) is 1.70. The highest BCUT2D eigenvalue weighted by Crippen LogP contribution is 2.19. The SMILES string of the molecule is COC(=O)c1c[nH]c(I)c(C(F)F)c1=O. The van der Waals surface area contributed by atoms with Crippen LogP contribution in [0.3, 0.4) is 0 Å². The maximum Gasteiger partial charge on any atom is 0.343 e. The van der Waals surface area contributed by atoms with Gasteiger partial charge in [-0.05, 0) is 22.6 Å². The van der Waals surface area contributed by atoms with Gasteiger partial charge in [0, 0.05) is 6.20 Å². The Kier molecular flexibility index (Phi) is 3.77. The third-order valence-corrected chi connectivity index (χ3v) is 2.58.